The second-order valence-corrected chi connectivity index (χ2v) is 6.81. The van der Waals surface area contributed by atoms with Gasteiger partial charge in [0.25, 0.3) is 11.5 Å². The number of aromatic nitrogens is 4. The smallest absolute Gasteiger partial charge is 0.326 e. The molecule has 3 aromatic rings. The van der Waals surface area contributed by atoms with Crippen molar-refractivity contribution in [2.75, 3.05) is 5.73 Å². The summed E-state index contributed by atoms with van der Waals surface area (Å²) >= 11 is 0. The lowest BCUT2D eigenvalue weighted by Crippen LogP contribution is -2.76. The molecule has 0 fully saturated rings. The number of carboxylic acid groups (broad SMARTS) is 2. The van der Waals surface area contributed by atoms with Crippen molar-refractivity contribution in [2.45, 2.75) is 25.4 Å². The van der Waals surface area contributed by atoms with Crippen LogP contribution < -0.4 is 21.9 Å². The fourth-order valence-electron chi connectivity index (χ4n) is 2.83. The molecule has 13 nitrogen and oxygen atoms in total. The predicted octanol–water partition coefficient (Wildman–Crippen LogP) is -1.26. The average Bonchev–Trinajstić information content (AvgIpc) is 2.75. The number of nitrogens with one attached hydrogen (secondary N) is 2. The van der Waals surface area contributed by atoms with Crippen LogP contribution >= 0.6 is 0 Å². The molecule has 32 heavy (non-hydrogen) atoms. The zero-order chi connectivity index (χ0) is 23.3. The molecule has 0 saturated carbocycles. The lowest BCUT2D eigenvalue weighted by Gasteiger charge is -2.13. The molecule has 2 heterocycles. The highest BCUT2D eigenvalue weighted by atomic mass is 16.4. The van der Waals surface area contributed by atoms with E-state index in [1.807, 2.05) is 5.32 Å². The fraction of sp³-hybridized carbons (Fsp3) is 0.211. The van der Waals surface area contributed by atoms with Crippen LogP contribution in [0, 0.1) is 0 Å². The Morgan fingerprint density at radius 2 is 1.88 bits per heavy atom. The standard InChI is InChI=1S/C19H19N7O6/c20-19-25-15-14(17(30)26-19)23-11(8-22-15)7-21-10-3-1-9(2-4-10)16(29)24-12(18(31)32)5-6-13(27)28/h1-4,8,12,21H,5-7H2,(H,24,29)(H,27,28)(H,31,32)(H3,20,22,25,26,30)/p+1. The molecule has 0 bridgehead atoms. The van der Waals surface area contributed by atoms with Gasteiger partial charge in [0.15, 0.2) is 11.2 Å². The van der Waals surface area contributed by atoms with Crippen LogP contribution in [0.15, 0.2) is 35.3 Å². The summed E-state index contributed by atoms with van der Waals surface area (Å²) < 4.78 is 0. The third-order valence-electron chi connectivity index (χ3n) is 4.46. The number of anilines is 1. The summed E-state index contributed by atoms with van der Waals surface area (Å²) in [6.07, 6.45) is 0.883. The number of nitrogens with zero attached hydrogens (tertiary/aromatic N) is 3. The van der Waals surface area contributed by atoms with Gasteiger partial charge in [0, 0.05) is 12.0 Å². The molecule has 0 aliphatic rings. The number of rotatable bonds is 9. The van der Waals surface area contributed by atoms with E-state index in [2.05, 4.69) is 25.3 Å². The van der Waals surface area contributed by atoms with Crippen molar-refractivity contribution < 1.29 is 29.9 Å². The van der Waals surface area contributed by atoms with Gasteiger partial charge in [0.1, 0.15) is 24.0 Å². The molecule has 0 radical (unpaired) electrons. The molecule has 0 saturated heterocycles. The van der Waals surface area contributed by atoms with Gasteiger partial charge in [-0.3, -0.25) is 19.4 Å². The van der Waals surface area contributed by atoms with Gasteiger partial charge in [-0.2, -0.15) is 4.98 Å². The highest BCUT2D eigenvalue weighted by Crippen LogP contribution is 2.07. The van der Waals surface area contributed by atoms with Crippen molar-refractivity contribution in [3.63, 3.8) is 0 Å². The van der Waals surface area contributed by atoms with Crippen LogP contribution in [0.2, 0.25) is 0 Å². The Balaban J connectivity index is 1.62. The van der Waals surface area contributed by atoms with E-state index in [0.29, 0.717) is 12.2 Å². The van der Waals surface area contributed by atoms with Gasteiger partial charge >= 0.3 is 11.9 Å². The molecule has 0 aliphatic heterocycles. The fourth-order valence-corrected chi connectivity index (χ4v) is 2.83. The molecule has 2 aromatic heterocycles. The van der Waals surface area contributed by atoms with Crippen molar-refractivity contribution in [3.8, 4) is 0 Å². The first-order chi connectivity index (χ1) is 15.2. The van der Waals surface area contributed by atoms with Gasteiger partial charge in [0.2, 0.25) is 5.95 Å². The number of aliphatic carboxylic acids is 2. The second-order valence-electron chi connectivity index (χ2n) is 6.81. The van der Waals surface area contributed by atoms with Gasteiger partial charge in [0.05, 0.1) is 6.20 Å². The molecule has 13 heteroatoms. The normalized spacial score (nSPS) is 11.8. The Morgan fingerprint density at radius 3 is 2.53 bits per heavy atom. The van der Waals surface area contributed by atoms with Crippen molar-refractivity contribution in [1.82, 2.24) is 25.3 Å². The third kappa shape index (κ3) is 5.60. The number of hydrogen-bond donors (Lipinski definition) is 6. The SMILES string of the molecule is Nc1nc2ncc(C[NH2+]c3ccc(C(=O)NC(CCC(=O)O)C(=O)O)cc3)nc2c(=O)[nH]1. The highest BCUT2D eigenvalue weighted by molar-refractivity contribution is 5.96. The predicted molar refractivity (Wildman–Crippen MR) is 110 cm³/mol. The van der Waals surface area contributed by atoms with Crippen LogP contribution in [0.4, 0.5) is 11.6 Å². The van der Waals surface area contributed by atoms with E-state index in [-0.39, 0.29) is 35.5 Å². The zero-order valence-electron chi connectivity index (χ0n) is 16.6. The Morgan fingerprint density at radius 1 is 1.16 bits per heavy atom. The summed E-state index contributed by atoms with van der Waals surface area (Å²) in [5, 5.41) is 22.0. The molecule has 1 aromatic carbocycles. The number of aromatic amines is 1. The van der Waals surface area contributed by atoms with Gasteiger partial charge in [-0.25, -0.2) is 14.8 Å². The number of carboxylic acids is 2. The molecule has 8 N–H and O–H groups in total. The Bertz CT molecular complexity index is 1230. The topological polar surface area (TPSA) is 218 Å². The molecular formula is C19H20N7O6+. The maximum absolute atomic E-state index is 12.3. The monoisotopic (exact) mass is 442 g/mol. The molecule has 1 unspecified atom stereocenters. The Hall–Kier alpha value is -4.39. The van der Waals surface area contributed by atoms with Gasteiger partial charge in [-0.05, 0) is 30.7 Å². The largest absolute Gasteiger partial charge is 0.481 e. The minimum absolute atomic E-state index is 0.0446. The number of carbonyl (C=O) groups excluding carboxylic acids is 1. The van der Waals surface area contributed by atoms with Crippen LogP contribution in [0.25, 0.3) is 11.2 Å². The van der Waals surface area contributed by atoms with E-state index in [1.165, 1.54) is 18.3 Å². The first kappa shape index (κ1) is 22.3. The number of fused-ring (bicyclic) bond motifs is 1. The first-order valence-corrected chi connectivity index (χ1v) is 9.43. The minimum Gasteiger partial charge on any atom is -0.481 e. The number of benzene rings is 1. The molecule has 166 valence electrons. The summed E-state index contributed by atoms with van der Waals surface area (Å²) in [7, 11) is 0. The lowest BCUT2D eigenvalue weighted by atomic mass is 10.1. The number of hydrogen-bond acceptors (Lipinski definition) is 8. The average molecular weight is 442 g/mol. The maximum atomic E-state index is 12.3. The van der Waals surface area contributed by atoms with E-state index in [1.54, 1.807) is 12.1 Å². The van der Waals surface area contributed by atoms with Crippen LogP contribution in [-0.4, -0.2) is 54.0 Å². The molecule has 1 atom stereocenters. The molecule has 3 rings (SSSR count). The molecule has 0 spiro atoms. The van der Waals surface area contributed by atoms with Crippen molar-refractivity contribution in [2.24, 2.45) is 0 Å². The number of nitrogen functional groups attached to an aromatic ring is 1. The molecule has 1 amide bonds. The number of carbonyl (C=O) groups is 3. The Kier molecular flexibility index (Phi) is 6.70. The molecular weight excluding hydrogens is 422 g/mol. The summed E-state index contributed by atoms with van der Waals surface area (Å²) in [6.45, 7) is 0.356. The zero-order valence-corrected chi connectivity index (χ0v) is 16.6. The van der Waals surface area contributed by atoms with Gasteiger partial charge in [-0.15, -0.1) is 0 Å². The van der Waals surface area contributed by atoms with E-state index < -0.39 is 29.4 Å². The maximum Gasteiger partial charge on any atom is 0.326 e. The minimum atomic E-state index is -1.31. The van der Waals surface area contributed by atoms with E-state index in [0.717, 1.165) is 5.69 Å². The van der Waals surface area contributed by atoms with E-state index in [4.69, 9.17) is 15.9 Å². The lowest BCUT2D eigenvalue weighted by molar-refractivity contribution is -0.589. The summed E-state index contributed by atoms with van der Waals surface area (Å²) in [5.41, 5.74) is 6.73. The summed E-state index contributed by atoms with van der Waals surface area (Å²) in [4.78, 5) is 60.7. The number of nitrogens with two attached hydrogens (primary N) is 2. The van der Waals surface area contributed by atoms with Crippen molar-refractivity contribution in [3.05, 3.63) is 52.1 Å². The van der Waals surface area contributed by atoms with Crippen molar-refractivity contribution >= 4 is 40.6 Å². The first-order valence-electron chi connectivity index (χ1n) is 9.43. The Labute approximate surface area is 179 Å². The van der Waals surface area contributed by atoms with Crippen LogP contribution in [0.5, 0.6) is 0 Å². The quantitative estimate of drug-likeness (QED) is 0.216. The van der Waals surface area contributed by atoms with E-state index in [9.17, 15) is 19.2 Å². The number of H-pyrrole nitrogens is 1. The summed E-state index contributed by atoms with van der Waals surface area (Å²) in [5.74, 6) is -3.12. The van der Waals surface area contributed by atoms with E-state index >= 15 is 0 Å². The van der Waals surface area contributed by atoms with Gasteiger partial charge < -0.3 is 26.6 Å². The van der Waals surface area contributed by atoms with Crippen LogP contribution in [0.1, 0.15) is 28.9 Å². The van der Waals surface area contributed by atoms with Crippen LogP contribution in [-0.2, 0) is 16.1 Å². The summed E-state index contributed by atoms with van der Waals surface area (Å²) in [6, 6.07) is 5.04. The number of quaternary nitrogens is 1. The van der Waals surface area contributed by atoms with Gasteiger partial charge in [-0.1, -0.05) is 0 Å². The third-order valence-corrected chi connectivity index (χ3v) is 4.46. The number of amides is 1. The molecule has 0 aliphatic carbocycles. The second kappa shape index (κ2) is 9.61. The van der Waals surface area contributed by atoms with Crippen molar-refractivity contribution in [1.29, 1.82) is 0 Å². The van der Waals surface area contributed by atoms with Crippen LogP contribution in [0.3, 0.4) is 0 Å². The highest BCUT2D eigenvalue weighted by Gasteiger charge is 2.21.